The first-order valence-electron chi connectivity index (χ1n) is 8.42. The molecule has 0 aromatic heterocycles. The normalized spacial score (nSPS) is 10.1. The van der Waals surface area contributed by atoms with E-state index in [4.69, 9.17) is 0 Å². The summed E-state index contributed by atoms with van der Waals surface area (Å²) in [6.07, 6.45) is 0. The number of benzene rings is 2. The maximum absolute atomic E-state index is 13.2. The highest BCUT2D eigenvalue weighted by molar-refractivity contribution is 6.01. The molecule has 0 bridgehead atoms. The van der Waals surface area contributed by atoms with Gasteiger partial charge in [-0.15, -0.1) is 0 Å². The topological polar surface area (TPSA) is 73.5 Å². The van der Waals surface area contributed by atoms with Crippen molar-refractivity contribution in [3.05, 3.63) is 59.9 Å². The highest BCUT2D eigenvalue weighted by Crippen LogP contribution is 2.17. The minimum atomic E-state index is -0.381. The van der Waals surface area contributed by atoms with Gasteiger partial charge in [-0.25, -0.2) is 14.0 Å². The number of carbonyl (C=O) groups is 2. The molecule has 2 rings (SSSR count). The number of urea groups is 2. The molecule has 7 heteroatoms. The maximum Gasteiger partial charge on any atom is 0.326 e. The third kappa shape index (κ3) is 5.77. The lowest BCUT2D eigenvalue weighted by Gasteiger charge is -2.23. The molecule has 4 amide bonds. The number of nitrogens with one attached hydrogen (secondary N) is 3. The summed E-state index contributed by atoms with van der Waals surface area (Å²) in [6.45, 7) is 4.76. The lowest BCUT2D eigenvalue weighted by atomic mass is 10.2. The molecule has 0 aliphatic carbocycles. The van der Waals surface area contributed by atoms with Crippen LogP contribution in [0.5, 0.6) is 0 Å². The van der Waals surface area contributed by atoms with Crippen LogP contribution in [0.3, 0.4) is 0 Å². The molecule has 0 fully saturated rings. The van der Waals surface area contributed by atoms with E-state index in [2.05, 4.69) is 16.0 Å². The molecule has 3 N–H and O–H groups in total. The maximum atomic E-state index is 13.2. The lowest BCUT2D eigenvalue weighted by molar-refractivity contribution is 0.241. The van der Waals surface area contributed by atoms with E-state index >= 15 is 0 Å². The summed E-state index contributed by atoms with van der Waals surface area (Å²) >= 11 is 0. The Kier molecular flexibility index (Phi) is 6.96. The van der Waals surface area contributed by atoms with Crippen LogP contribution in [-0.2, 0) is 0 Å². The van der Waals surface area contributed by atoms with Gasteiger partial charge in [0, 0.05) is 31.0 Å². The number of carbonyl (C=O) groups excluding carboxylic acids is 2. The molecule has 0 radical (unpaired) electrons. The van der Waals surface area contributed by atoms with Crippen LogP contribution in [0.15, 0.2) is 48.5 Å². The van der Waals surface area contributed by atoms with Crippen LogP contribution in [0.4, 0.5) is 25.4 Å². The Morgan fingerprint density at radius 1 is 1.08 bits per heavy atom. The Morgan fingerprint density at radius 2 is 1.81 bits per heavy atom. The average molecular weight is 358 g/mol. The summed E-state index contributed by atoms with van der Waals surface area (Å²) in [5.41, 5.74) is 2.22. The molecule has 0 saturated carbocycles. The minimum absolute atomic E-state index is 0.237. The SMILES string of the molecule is CCNC(=O)NCCN(C(=O)Nc1cccc(C)c1)c1ccc(F)cc1. The van der Waals surface area contributed by atoms with Crippen LogP contribution in [0, 0.1) is 12.7 Å². The van der Waals surface area contributed by atoms with E-state index in [9.17, 15) is 14.0 Å². The summed E-state index contributed by atoms with van der Waals surface area (Å²) in [4.78, 5) is 25.7. The second kappa shape index (κ2) is 9.41. The van der Waals surface area contributed by atoms with E-state index < -0.39 is 0 Å². The van der Waals surface area contributed by atoms with Crippen LogP contribution in [0.25, 0.3) is 0 Å². The van der Waals surface area contributed by atoms with Gasteiger partial charge in [0.2, 0.25) is 0 Å². The smallest absolute Gasteiger partial charge is 0.326 e. The fourth-order valence-electron chi connectivity index (χ4n) is 2.39. The van der Waals surface area contributed by atoms with Crippen LogP contribution < -0.4 is 20.9 Å². The van der Waals surface area contributed by atoms with E-state index in [1.54, 1.807) is 6.07 Å². The molecular formula is C19H23FN4O2. The number of amides is 4. The Balaban J connectivity index is 2.09. The van der Waals surface area contributed by atoms with Gasteiger partial charge in [-0.1, -0.05) is 12.1 Å². The standard InChI is InChI=1S/C19H23FN4O2/c1-3-21-18(25)22-11-12-24(17-9-7-15(20)8-10-17)19(26)23-16-6-4-5-14(2)13-16/h4-10,13H,3,11-12H2,1-2H3,(H,23,26)(H2,21,22,25). The minimum Gasteiger partial charge on any atom is -0.338 e. The van der Waals surface area contributed by atoms with Gasteiger partial charge in [0.05, 0.1) is 0 Å². The zero-order valence-electron chi connectivity index (χ0n) is 14.9. The largest absolute Gasteiger partial charge is 0.338 e. The van der Waals surface area contributed by atoms with E-state index in [-0.39, 0.29) is 31.0 Å². The molecule has 6 nitrogen and oxygen atoms in total. The quantitative estimate of drug-likeness (QED) is 0.739. The molecule has 0 aliphatic heterocycles. The summed E-state index contributed by atoms with van der Waals surface area (Å²) < 4.78 is 13.2. The Labute approximate surface area is 152 Å². The fourth-order valence-corrected chi connectivity index (χ4v) is 2.39. The first-order chi connectivity index (χ1) is 12.5. The van der Waals surface area contributed by atoms with Crippen LogP contribution >= 0.6 is 0 Å². The van der Waals surface area contributed by atoms with Crippen molar-refractivity contribution in [3.8, 4) is 0 Å². The van der Waals surface area contributed by atoms with Gasteiger partial charge in [-0.05, 0) is 55.8 Å². The van der Waals surface area contributed by atoms with Gasteiger partial charge in [-0.3, -0.25) is 4.90 Å². The van der Waals surface area contributed by atoms with Gasteiger partial charge in [0.15, 0.2) is 0 Å². The molecule has 0 atom stereocenters. The van der Waals surface area contributed by atoms with Gasteiger partial charge in [0.1, 0.15) is 5.82 Å². The van der Waals surface area contributed by atoms with Crippen molar-refractivity contribution in [2.75, 3.05) is 29.9 Å². The van der Waals surface area contributed by atoms with E-state index in [0.29, 0.717) is 17.9 Å². The molecular weight excluding hydrogens is 335 g/mol. The number of nitrogens with zero attached hydrogens (tertiary/aromatic N) is 1. The zero-order valence-corrected chi connectivity index (χ0v) is 14.9. The monoisotopic (exact) mass is 358 g/mol. The van der Waals surface area contributed by atoms with Crippen LogP contribution in [-0.4, -0.2) is 31.7 Å². The predicted octanol–water partition coefficient (Wildman–Crippen LogP) is 3.49. The Bertz CT molecular complexity index is 749. The predicted molar refractivity (Wildman–Crippen MR) is 101 cm³/mol. The van der Waals surface area contributed by atoms with Crippen molar-refractivity contribution in [2.24, 2.45) is 0 Å². The van der Waals surface area contributed by atoms with E-state index in [1.807, 2.05) is 32.0 Å². The molecule has 2 aromatic rings. The molecule has 2 aromatic carbocycles. The number of hydrogen-bond acceptors (Lipinski definition) is 2. The van der Waals surface area contributed by atoms with Crippen LogP contribution in [0.2, 0.25) is 0 Å². The highest BCUT2D eigenvalue weighted by atomic mass is 19.1. The molecule has 0 heterocycles. The first kappa shape index (κ1) is 19.2. The number of aryl methyl sites for hydroxylation is 1. The lowest BCUT2D eigenvalue weighted by Crippen LogP contribution is -2.43. The molecule has 0 spiro atoms. The molecule has 26 heavy (non-hydrogen) atoms. The third-order valence-corrected chi connectivity index (χ3v) is 3.61. The summed E-state index contributed by atoms with van der Waals surface area (Å²) in [7, 11) is 0. The summed E-state index contributed by atoms with van der Waals surface area (Å²) in [5.74, 6) is -0.381. The first-order valence-corrected chi connectivity index (χ1v) is 8.42. The second-order valence-electron chi connectivity index (χ2n) is 5.71. The number of rotatable bonds is 6. The summed E-state index contributed by atoms with van der Waals surface area (Å²) in [6, 6.07) is 12.4. The molecule has 0 aliphatic rings. The van der Waals surface area contributed by atoms with Gasteiger partial charge < -0.3 is 16.0 Å². The second-order valence-corrected chi connectivity index (χ2v) is 5.71. The summed E-state index contributed by atoms with van der Waals surface area (Å²) in [5, 5.41) is 8.12. The van der Waals surface area contributed by atoms with Crippen molar-refractivity contribution in [2.45, 2.75) is 13.8 Å². The molecule has 0 unspecified atom stereocenters. The van der Waals surface area contributed by atoms with Crippen molar-refractivity contribution >= 4 is 23.4 Å². The van der Waals surface area contributed by atoms with E-state index in [1.165, 1.54) is 29.2 Å². The van der Waals surface area contributed by atoms with Crippen molar-refractivity contribution in [3.63, 3.8) is 0 Å². The highest BCUT2D eigenvalue weighted by Gasteiger charge is 2.16. The van der Waals surface area contributed by atoms with E-state index in [0.717, 1.165) is 5.56 Å². The van der Waals surface area contributed by atoms with Crippen molar-refractivity contribution in [1.82, 2.24) is 10.6 Å². The van der Waals surface area contributed by atoms with Crippen molar-refractivity contribution in [1.29, 1.82) is 0 Å². The average Bonchev–Trinajstić information content (AvgIpc) is 2.60. The van der Waals surface area contributed by atoms with Gasteiger partial charge >= 0.3 is 12.1 Å². The van der Waals surface area contributed by atoms with Gasteiger partial charge in [0.25, 0.3) is 0 Å². The van der Waals surface area contributed by atoms with Crippen LogP contribution in [0.1, 0.15) is 12.5 Å². The Hall–Kier alpha value is -3.09. The van der Waals surface area contributed by atoms with Gasteiger partial charge in [-0.2, -0.15) is 0 Å². The zero-order chi connectivity index (χ0) is 18.9. The molecule has 0 saturated heterocycles. The molecule has 138 valence electrons. The third-order valence-electron chi connectivity index (χ3n) is 3.61. The number of anilines is 2. The fraction of sp³-hybridized carbons (Fsp3) is 0.263. The van der Waals surface area contributed by atoms with Crippen molar-refractivity contribution < 1.29 is 14.0 Å². The number of hydrogen-bond donors (Lipinski definition) is 3. The number of halogens is 1. The Morgan fingerprint density at radius 3 is 2.46 bits per heavy atom.